The molecule has 0 saturated carbocycles. The van der Waals surface area contributed by atoms with Crippen LogP contribution in [0.2, 0.25) is 13.3 Å². The van der Waals surface area contributed by atoms with Gasteiger partial charge in [-0.3, -0.25) is 0 Å². The second-order valence-electron chi connectivity index (χ2n) is 12.9. The van der Waals surface area contributed by atoms with Crippen LogP contribution >= 0.6 is 0 Å². The Bertz CT molecular complexity index is 1320. The molecule has 0 atom stereocenters. The molecule has 5 rings (SSSR count). The van der Waals surface area contributed by atoms with Gasteiger partial charge in [-0.1, -0.05) is 121 Å². The first-order valence-corrected chi connectivity index (χ1v) is 24.9. The fraction of sp³-hybridized carbons (Fsp3) is 0.310. The monoisotopic (exact) mass is 703 g/mol. The Hall–Kier alpha value is -3.11. The topological polar surface area (TPSA) is 3.88 Å². The fourth-order valence-corrected chi connectivity index (χ4v) is 23.5. The molecule has 0 fully saturated rings. The first-order valence-electron chi connectivity index (χ1n) is 17.4. The van der Waals surface area contributed by atoms with Gasteiger partial charge in [-0.25, -0.2) is 0 Å². The van der Waals surface area contributed by atoms with E-state index < -0.39 is 24.5 Å². The van der Waals surface area contributed by atoms with Gasteiger partial charge in [0.25, 0.3) is 0 Å². The van der Waals surface area contributed by atoms with Crippen LogP contribution in [0.4, 0.5) is 0 Å². The van der Waals surface area contributed by atoms with Gasteiger partial charge in [-0.2, -0.15) is 21.9 Å². The van der Waals surface area contributed by atoms with Crippen LogP contribution in [-0.4, -0.2) is 24.5 Å². The molecule has 1 aromatic heterocycles. The molecular formula is C42H54BNSn. The predicted octanol–water partition coefficient (Wildman–Crippen LogP) is 7.63. The zero-order valence-corrected chi connectivity index (χ0v) is 31.1. The molecule has 0 aliphatic carbocycles. The fourth-order valence-electron chi connectivity index (χ4n) is 7.38. The van der Waals surface area contributed by atoms with E-state index in [9.17, 15) is 0 Å². The summed E-state index contributed by atoms with van der Waals surface area (Å²) in [6.45, 7) is 7.05. The van der Waals surface area contributed by atoms with Crippen molar-refractivity contribution in [2.45, 2.75) is 72.6 Å². The van der Waals surface area contributed by atoms with E-state index in [0.717, 1.165) is 0 Å². The van der Waals surface area contributed by atoms with E-state index in [-0.39, 0.29) is 0 Å². The van der Waals surface area contributed by atoms with Crippen molar-refractivity contribution in [3.05, 3.63) is 146 Å². The molecule has 45 heavy (non-hydrogen) atoms. The number of pyridine rings is 1. The van der Waals surface area contributed by atoms with Crippen molar-refractivity contribution >= 4 is 50.0 Å². The summed E-state index contributed by atoms with van der Waals surface area (Å²) in [5, 5.41) is 0. The third-order valence-corrected chi connectivity index (χ3v) is 25.3. The van der Waals surface area contributed by atoms with Gasteiger partial charge in [0.15, 0.2) is 0 Å². The largest absolute Gasteiger partial charge is 0.195 e. The summed E-state index contributed by atoms with van der Waals surface area (Å²) in [5.74, 6) is 0. The smallest absolute Gasteiger partial charge is 0.108 e. The summed E-state index contributed by atoms with van der Waals surface area (Å²) in [6.07, 6.45) is 11.8. The van der Waals surface area contributed by atoms with E-state index in [4.69, 9.17) is 0 Å². The van der Waals surface area contributed by atoms with Crippen molar-refractivity contribution in [1.82, 2.24) is 0 Å². The molecule has 234 valence electrons. The molecule has 3 heteroatoms. The minimum Gasteiger partial charge on any atom is -0.195 e. The molecule has 4 aromatic carbocycles. The first-order chi connectivity index (χ1) is 22.1. The molecule has 1 heterocycles. The minimum absolute atomic E-state index is 1.22. The van der Waals surface area contributed by atoms with E-state index in [1.165, 1.54) is 60.4 Å². The summed E-state index contributed by atoms with van der Waals surface area (Å²) in [4.78, 5) is 0. The Morgan fingerprint density at radius 1 is 0.467 bits per heavy atom. The molecular weight excluding hydrogens is 648 g/mol. The van der Waals surface area contributed by atoms with E-state index in [2.05, 4.69) is 178 Å². The second kappa shape index (κ2) is 18.1. The van der Waals surface area contributed by atoms with Gasteiger partial charge in [0, 0.05) is 0 Å². The Morgan fingerprint density at radius 2 is 0.800 bits per heavy atom. The van der Waals surface area contributed by atoms with Gasteiger partial charge in [0.2, 0.25) is 0 Å². The standard InChI is InChI=1S/C24H20B.C6H7N.3C4H9.Sn/c1-5-13-21(14-6-1)25(22-15-7-2-8-16-22,23-17-9-3-10-18-23)24-19-11-4-12-20-24;1-7-5-3-2-4-6-7;3*1-3-4-2;/h1-20H;2-3,5-6H,1H3;3*1,3-4H2,2H3;/q-1;+1;;;;. The van der Waals surface area contributed by atoms with Gasteiger partial charge in [0.1, 0.15) is 6.15 Å². The molecule has 0 bridgehead atoms. The zero-order chi connectivity index (χ0) is 31.8. The van der Waals surface area contributed by atoms with Crippen LogP contribution in [0.25, 0.3) is 0 Å². The summed E-state index contributed by atoms with van der Waals surface area (Å²) >= 11 is -2.16. The van der Waals surface area contributed by atoms with Crippen molar-refractivity contribution in [2.75, 3.05) is 0 Å². The van der Waals surface area contributed by atoms with Crippen molar-refractivity contribution in [2.24, 2.45) is 7.05 Å². The molecule has 5 aromatic rings. The van der Waals surface area contributed by atoms with Crippen molar-refractivity contribution in [1.29, 1.82) is 0 Å². The van der Waals surface area contributed by atoms with Crippen LogP contribution < -0.4 is 30.0 Å². The Kier molecular flexibility index (Phi) is 14.0. The third kappa shape index (κ3) is 8.79. The van der Waals surface area contributed by atoms with E-state index >= 15 is 0 Å². The Balaban J connectivity index is 0.000000211. The van der Waals surface area contributed by atoms with Crippen LogP contribution in [0.5, 0.6) is 0 Å². The average Bonchev–Trinajstić information content (AvgIpc) is 3.11. The summed E-state index contributed by atoms with van der Waals surface area (Å²) in [7, 11) is 2.18. The summed E-state index contributed by atoms with van der Waals surface area (Å²) in [5.41, 5.74) is 5.36. The second-order valence-corrected chi connectivity index (χ2v) is 26.1. The molecule has 0 aliphatic heterocycles. The van der Waals surface area contributed by atoms with E-state index in [1.807, 2.05) is 0 Å². The SMILES string of the molecule is CCC[CH2][Sn]([CH2]CCC)([CH2]CCC)[c]1ccc[n+](C)c1.c1ccc([B-](c2ccccc2)(c2ccccc2)c2ccccc2)cc1. The van der Waals surface area contributed by atoms with E-state index in [0.29, 0.717) is 0 Å². The third-order valence-electron chi connectivity index (χ3n) is 9.78. The molecule has 0 unspecified atom stereocenters. The molecule has 0 saturated heterocycles. The summed E-state index contributed by atoms with van der Waals surface area (Å²) in [6, 6.07) is 48.3. The van der Waals surface area contributed by atoms with Crippen LogP contribution in [-0.2, 0) is 7.05 Å². The van der Waals surface area contributed by atoms with Gasteiger partial charge in [-0.05, 0) is 0 Å². The molecule has 0 N–H and O–H groups in total. The van der Waals surface area contributed by atoms with Crippen molar-refractivity contribution < 1.29 is 4.57 Å². The quantitative estimate of drug-likeness (QED) is 0.0829. The van der Waals surface area contributed by atoms with Gasteiger partial charge < -0.3 is 0 Å². The van der Waals surface area contributed by atoms with E-state index in [1.54, 1.807) is 16.9 Å². The molecule has 0 radical (unpaired) electrons. The Labute approximate surface area is 278 Å². The Morgan fingerprint density at radius 3 is 1.09 bits per heavy atom. The molecule has 0 amide bonds. The maximum atomic E-state index is 2.46. The van der Waals surface area contributed by atoms with Crippen LogP contribution in [0, 0.1) is 0 Å². The number of aromatic nitrogens is 1. The number of hydrogen-bond donors (Lipinski definition) is 0. The number of benzene rings is 4. The van der Waals surface area contributed by atoms with Crippen molar-refractivity contribution in [3.63, 3.8) is 0 Å². The number of unbranched alkanes of at least 4 members (excludes halogenated alkanes) is 3. The van der Waals surface area contributed by atoms with Gasteiger partial charge in [0.05, 0.1) is 0 Å². The van der Waals surface area contributed by atoms with Crippen LogP contribution in [0.1, 0.15) is 59.3 Å². The number of aryl methyl sites for hydroxylation is 1. The van der Waals surface area contributed by atoms with Crippen LogP contribution in [0.3, 0.4) is 0 Å². The normalized spacial score (nSPS) is 11.5. The van der Waals surface area contributed by atoms with Crippen molar-refractivity contribution in [3.8, 4) is 0 Å². The number of rotatable bonds is 14. The summed E-state index contributed by atoms with van der Waals surface area (Å²) < 4.78 is 8.74. The minimum atomic E-state index is -2.16. The zero-order valence-electron chi connectivity index (χ0n) is 28.2. The number of hydrogen-bond acceptors (Lipinski definition) is 0. The van der Waals surface area contributed by atoms with Gasteiger partial charge in [-0.15, -0.1) is 0 Å². The maximum Gasteiger partial charge on any atom is 0.108 e. The average molecular weight is 702 g/mol. The first kappa shape index (κ1) is 34.8. The van der Waals surface area contributed by atoms with Crippen LogP contribution in [0.15, 0.2) is 146 Å². The van der Waals surface area contributed by atoms with Gasteiger partial charge >= 0.3 is 131 Å². The molecule has 0 spiro atoms. The molecule has 1 nitrogen and oxygen atoms in total. The number of nitrogens with zero attached hydrogens (tertiary/aromatic N) is 1. The maximum absolute atomic E-state index is 2.46. The molecule has 0 aliphatic rings. The predicted molar refractivity (Wildman–Crippen MR) is 202 cm³/mol.